The summed E-state index contributed by atoms with van der Waals surface area (Å²) >= 11 is 0.942. The lowest BCUT2D eigenvalue weighted by Crippen LogP contribution is -2.50. The van der Waals surface area contributed by atoms with Crippen LogP contribution in [-0.2, 0) is 19.4 Å². The van der Waals surface area contributed by atoms with Crippen molar-refractivity contribution in [3.63, 3.8) is 0 Å². The van der Waals surface area contributed by atoms with Gasteiger partial charge in [-0.3, -0.25) is 9.59 Å². The van der Waals surface area contributed by atoms with E-state index in [4.69, 9.17) is 9.84 Å². The number of ether oxygens (including phenoxy) is 1. The Labute approximate surface area is 126 Å². The van der Waals surface area contributed by atoms with E-state index in [1.165, 1.54) is 18.6 Å². The molecule has 0 saturated carbocycles. The molecule has 118 valence electrons. The number of hydrogen-bond donors (Lipinski definition) is 2. The highest BCUT2D eigenvalue weighted by Crippen LogP contribution is 2.21. The molecule has 1 aromatic heterocycles. The molecule has 1 unspecified atom stereocenters. The van der Waals surface area contributed by atoms with Crippen molar-refractivity contribution in [2.45, 2.75) is 23.1 Å². The molecular formula is C12H17NO6S2. The van der Waals surface area contributed by atoms with Crippen LogP contribution in [0.25, 0.3) is 0 Å². The number of rotatable bonds is 7. The van der Waals surface area contributed by atoms with Gasteiger partial charge in [0, 0.05) is 18.7 Å². The van der Waals surface area contributed by atoms with E-state index < -0.39 is 27.3 Å². The third-order valence-corrected chi connectivity index (χ3v) is 5.39. The van der Waals surface area contributed by atoms with Crippen molar-refractivity contribution in [3.05, 3.63) is 17.0 Å². The minimum atomic E-state index is -3.37. The van der Waals surface area contributed by atoms with Crippen molar-refractivity contribution in [3.8, 4) is 0 Å². The SMILES string of the molecule is COCC(C)(CC(=O)O)NC(=O)c1csc(S(C)(=O)=O)c1. The normalized spacial score (nSPS) is 14.4. The number of thiophene rings is 1. The van der Waals surface area contributed by atoms with Crippen LogP contribution in [0.15, 0.2) is 15.7 Å². The zero-order chi connectivity index (χ0) is 16.3. The summed E-state index contributed by atoms with van der Waals surface area (Å²) in [5.74, 6) is -1.61. The van der Waals surface area contributed by atoms with Crippen molar-refractivity contribution in [1.82, 2.24) is 5.32 Å². The fourth-order valence-electron chi connectivity index (χ4n) is 1.76. The maximum absolute atomic E-state index is 12.1. The zero-order valence-electron chi connectivity index (χ0n) is 11.9. The van der Waals surface area contributed by atoms with Crippen molar-refractivity contribution in [2.75, 3.05) is 20.0 Å². The number of nitrogens with one attached hydrogen (secondary N) is 1. The Hall–Kier alpha value is -1.45. The van der Waals surface area contributed by atoms with E-state index in [0.29, 0.717) is 0 Å². The summed E-state index contributed by atoms with van der Waals surface area (Å²) in [7, 11) is -1.97. The molecule has 21 heavy (non-hydrogen) atoms. The lowest BCUT2D eigenvalue weighted by Gasteiger charge is -2.28. The van der Waals surface area contributed by atoms with E-state index in [0.717, 1.165) is 17.6 Å². The fraction of sp³-hybridized carbons (Fsp3) is 0.500. The van der Waals surface area contributed by atoms with Gasteiger partial charge in [-0.05, 0) is 13.0 Å². The minimum absolute atomic E-state index is 0.0219. The van der Waals surface area contributed by atoms with Crippen LogP contribution in [0.2, 0.25) is 0 Å². The smallest absolute Gasteiger partial charge is 0.305 e. The monoisotopic (exact) mass is 335 g/mol. The molecule has 9 heteroatoms. The van der Waals surface area contributed by atoms with Crippen molar-refractivity contribution in [2.24, 2.45) is 0 Å². The van der Waals surface area contributed by atoms with Gasteiger partial charge in [-0.1, -0.05) is 0 Å². The molecule has 0 aliphatic heterocycles. The van der Waals surface area contributed by atoms with Crippen LogP contribution < -0.4 is 5.32 Å². The van der Waals surface area contributed by atoms with Gasteiger partial charge in [-0.15, -0.1) is 11.3 Å². The number of amides is 1. The van der Waals surface area contributed by atoms with E-state index in [-0.39, 0.29) is 22.8 Å². The van der Waals surface area contributed by atoms with Crippen LogP contribution in [-0.4, -0.2) is 50.9 Å². The molecule has 1 aromatic rings. The van der Waals surface area contributed by atoms with Gasteiger partial charge in [-0.25, -0.2) is 8.42 Å². The van der Waals surface area contributed by atoms with Crippen LogP contribution in [0.1, 0.15) is 23.7 Å². The maximum atomic E-state index is 12.1. The highest BCUT2D eigenvalue weighted by Gasteiger charge is 2.30. The Morgan fingerprint density at radius 3 is 2.52 bits per heavy atom. The average molecular weight is 335 g/mol. The number of carboxylic acid groups (broad SMARTS) is 1. The molecule has 2 N–H and O–H groups in total. The highest BCUT2D eigenvalue weighted by molar-refractivity contribution is 7.92. The van der Waals surface area contributed by atoms with Crippen molar-refractivity contribution < 1.29 is 27.9 Å². The number of carbonyl (C=O) groups excluding carboxylic acids is 1. The first-order valence-electron chi connectivity index (χ1n) is 5.89. The summed E-state index contributed by atoms with van der Waals surface area (Å²) in [5, 5.41) is 12.9. The Balaban J connectivity index is 2.92. The van der Waals surface area contributed by atoms with E-state index in [1.54, 1.807) is 6.92 Å². The molecule has 0 radical (unpaired) electrons. The van der Waals surface area contributed by atoms with Gasteiger partial charge < -0.3 is 15.2 Å². The number of hydrogen-bond acceptors (Lipinski definition) is 6. The molecule has 0 aliphatic rings. The van der Waals surface area contributed by atoms with Crippen LogP contribution in [0.5, 0.6) is 0 Å². The minimum Gasteiger partial charge on any atom is -0.481 e. The quantitative estimate of drug-likeness (QED) is 0.761. The van der Waals surface area contributed by atoms with E-state index in [9.17, 15) is 18.0 Å². The van der Waals surface area contributed by atoms with Gasteiger partial charge in [0.25, 0.3) is 5.91 Å². The summed E-state index contributed by atoms with van der Waals surface area (Å²) in [4.78, 5) is 23.0. The molecule has 7 nitrogen and oxygen atoms in total. The second kappa shape index (κ2) is 6.54. The highest BCUT2D eigenvalue weighted by atomic mass is 32.2. The number of aliphatic carboxylic acids is 1. The number of methoxy groups -OCH3 is 1. The molecule has 1 atom stereocenters. The molecule has 0 fully saturated rings. The first-order valence-corrected chi connectivity index (χ1v) is 8.66. The van der Waals surface area contributed by atoms with Gasteiger partial charge in [0.1, 0.15) is 4.21 Å². The topological polar surface area (TPSA) is 110 Å². The molecule has 0 bridgehead atoms. The van der Waals surface area contributed by atoms with Gasteiger partial charge in [0.05, 0.1) is 24.1 Å². The van der Waals surface area contributed by atoms with Gasteiger partial charge >= 0.3 is 5.97 Å². The molecular weight excluding hydrogens is 318 g/mol. The first-order chi connectivity index (χ1) is 9.57. The molecule has 0 spiro atoms. The summed E-state index contributed by atoms with van der Waals surface area (Å²) in [6, 6.07) is 1.27. The van der Waals surface area contributed by atoms with E-state index >= 15 is 0 Å². The van der Waals surface area contributed by atoms with E-state index in [1.807, 2.05) is 0 Å². The molecule has 0 aromatic carbocycles. The van der Waals surface area contributed by atoms with E-state index in [2.05, 4.69) is 5.32 Å². The molecule has 1 amide bonds. The second-order valence-corrected chi connectivity index (χ2v) is 8.10. The third kappa shape index (κ3) is 5.10. The zero-order valence-corrected chi connectivity index (χ0v) is 13.5. The second-order valence-electron chi connectivity index (χ2n) is 4.94. The molecule has 0 saturated heterocycles. The summed E-state index contributed by atoms with van der Waals surface area (Å²) in [6.07, 6.45) is 0.746. The molecule has 1 rings (SSSR count). The van der Waals surface area contributed by atoms with Crippen LogP contribution in [0, 0.1) is 0 Å². The number of carboxylic acids is 1. The Morgan fingerprint density at radius 1 is 1.48 bits per heavy atom. The summed E-state index contributed by atoms with van der Waals surface area (Å²) in [5.41, 5.74) is -0.904. The van der Waals surface area contributed by atoms with Crippen LogP contribution in [0.4, 0.5) is 0 Å². The summed E-state index contributed by atoms with van der Waals surface area (Å²) < 4.78 is 27.8. The predicted octanol–water partition coefficient (Wildman–Crippen LogP) is 0.761. The Kier molecular flexibility index (Phi) is 5.48. The van der Waals surface area contributed by atoms with Gasteiger partial charge in [-0.2, -0.15) is 0 Å². The largest absolute Gasteiger partial charge is 0.481 e. The third-order valence-electron chi connectivity index (χ3n) is 2.62. The Bertz CT molecular complexity index is 636. The number of sulfone groups is 1. The molecule has 1 heterocycles. The molecule has 0 aliphatic carbocycles. The lowest BCUT2D eigenvalue weighted by atomic mass is 9.98. The van der Waals surface area contributed by atoms with Crippen molar-refractivity contribution >= 4 is 33.1 Å². The first kappa shape index (κ1) is 17.6. The predicted molar refractivity (Wildman–Crippen MR) is 77.4 cm³/mol. The van der Waals surface area contributed by atoms with Crippen molar-refractivity contribution in [1.29, 1.82) is 0 Å². The van der Waals surface area contributed by atoms with Crippen LogP contribution in [0.3, 0.4) is 0 Å². The standard InChI is InChI=1S/C12H17NO6S2/c1-12(7-19-2,5-9(14)15)13-11(16)8-4-10(20-6-8)21(3,17)18/h4,6H,5,7H2,1-3H3,(H,13,16)(H,14,15). The fourth-order valence-corrected chi connectivity index (χ4v) is 3.56. The van der Waals surface area contributed by atoms with Gasteiger partial charge in [0.15, 0.2) is 9.84 Å². The summed E-state index contributed by atoms with van der Waals surface area (Å²) in [6.45, 7) is 1.57. The Morgan fingerprint density at radius 2 is 2.10 bits per heavy atom. The van der Waals surface area contributed by atoms with Crippen LogP contribution >= 0.6 is 11.3 Å². The number of carbonyl (C=O) groups is 2. The van der Waals surface area contributed by atoms with Gasteiger partial charge in [0.2, 0.25) is 0 Å². The lowest BCUT2D eigenvalue weighted by molar-refractivity contribution is -0.139. The maximum Gasteiger partial charge on any atom is 0.305 e. The average Bonchev–Trinajstić information content (AvgIpc) is 2.75.